The van der Waals surface area contributed by atoms with E-state index >= 15 is 0 Å². The second-order valence-corrected chi connectivity index (χ2v) is 7.93. The minimum Gasteiger partial charge on any atom is -0.489 e. The van der Waals surface area contributed by atoms with Gasteiger partial charge < -0.3 is 15.2 Å². The van der Waals surface area contributed by atoms with Crippen LogP contribution in [0.4, 0.5) is 4.79 Å². The van der Waals surface area contributed by atoms with Crippen LogP contribution >= 0.6 is 34.5 Å². The van der Waals surface area contributed by atoms with Crippen LogP contribution in [0.5, 0.6) is 11.5 Å². The van der Waals surface area contributed by atoms with E-state index in [0.29, 0.717) is 21.5 Å². The van der Waals surface area contributed by atoms with Gasteiger partial charge in [-0.15, -0.1) is 11.3 Å². The van der Waals surface area contributed by atoms with Gasteiger partial charge in [-0.25, -0.2) is 9.78 Å². The topological polar surface area (TPSA) is 74.4 Å². The minimum atomic E-state index is -0.844. The molecule has 0 aliphatic rings. The first kappa shape index (κ1) is 19.5. The molecule has 2 N–H and O–H groups in total. The van der Waals surface area contributed by atoms with E-state index in [1.54, 1.807) is 30.3 Å². The van der Waals surface area contributed by atoms with Gasteiger partial charge in [0.05, 0.1) is 10.2 Å². The molecule has 8 heteroatoms. The Balaban J connectivity index is 1.54. The lowest BCUT2D eigenvalue weighted by Gasteiger charge is -2.09. The molecule has 0 saturated heterocycles. The number of thiazole rings is 1. The molecule has 0 radical (unpaired) electrons. The average molecular weight is 445 g/mol. The van der Waals surface area contributed by atoms with Crippen molar-refractivity contribution in [1.82, 2.24) is 4.98 Å². The second kappa shape index (κ2) is 8.29. The molecular weight excluding hydrogens is 431 g/mol. The summed E-state index contributed by atoms with van der Waals surface area (Å²) in [7, 11) is 0. The van der Waals surface area contributed by atoms with E-state index in [-0.39, 0.29) is 6.61 Å². The van der Waals surface area contributed by atoms with Crippen LogP contribution < -0.4 is 15.2 Å². The van der Waals surface area contributed by atoms with Gasteiger partial charge in [0.1, 0.15) is 23.1 Å². The Kier molecular flexibility index (Phi) is 5.58. The van der Waals surface area contributed by atoms with Gasteiger partial charge in [0.25, 0.3) is 0 Å². The molecule has 0 fully saturated rings. The van der Waals surface area contributed by atoms with Gasteiger partial charge in [-0.1, -0.05) is 29.3 Å². The zero-order valence-corrected chi connectivity index (χ0v) is 17.2. The Labute approximate surface area is 180 Å². The Morgan fingerprint density at radius 3 is 2.38 bits per heavy atom. The molecule has 0 unspecified atom stereocenters. The summed E-state index contributed by atoms with van der Waals surface area (Å²) >= 11 is 13.9. The fraction of sp³-hybridized carbons (Fsp3) is 0.0476. The highest BCUT2D eigenvalue weighted by Crippen LogP contribution is 2.34. The number of amides is 1. The van der Waals surface area contributed by atoms with Crippen molar-refractivity contribution >= 4 is 50.8 Å². The van der Waals surface area contributed by atoms with Crippen LogP contribution in [0.25, 0.3) is 20.8 Å². The number of halogens is 2. The van der Waals surface area contributed by atoms with Crippen molar-refractivity contribution in [1.29, 1.82) is 0 Å². The Bertz CT molecular complexity index is 1170. The van der Waals surface area contributed by atoms with Crippen LogP contribution in [0.2, 0.25) is 10.0 Å². The molecule has 3 aromatic carbocycles. The number of primary amides is 1. The molecule has 0 spiro atoms. The number of nitrogens with zero attached hydrogens (tertiary/aromatic N) is 1. The third-order valence-electron chi connectivity index (χ3n) is 4.12. The van der Waals surface area contributed by atoms with Crippen LogP contribution in [0.3, 0.4) is 0 Å². The van der Waals surface area contributed by atoms with Gasteiger partial charge >= 0.3 is 6.09 Å². The number of rotatable bonds is 5. The number of hydrogen-bond acceptors (Lipinski definition) is 5. The van der Waals surface area contributed by atoms with Crippen LogP contribution in [0.1, 0.15) is 5.56 Å². The number of ether oxygens (including phenoxy) is 2. The third-order valence-corrected chi connectivity index (χ3v) is 5.90. The van der Waals surface area contributed by atoms with Crippen molar-refractivity contribution < 1.29 is 14.3 Å². The highest BCUT2D eigenvalue weighted by atomic mass is 35.5. The molecule has 1 amide bonds. The maximum atomic E-state index is 10.8. The minimum absolute atomic E-state index is 0.275. The third kappa shape index (κ3) is 4.45. The summed E-state index contributed by atoms with van der Waals surface area (Å²) in [6.45, 7) is 0.275. The summed E-state index contributed by atoms with van der Waals surface area (Å²) in [5, 5.41) is 1.99. The number of benzene rings is 3. The van der Waals surface area contributed by atoms with Gasteiger partial charge in [0.2, 0.25) is 0 Å². The summed E-state index contributed by atoms with van der Waals surface area (Å²) in [6.07, 6.45) is -0.844. The van der Waals surface area contributed by atoms with Crippen molar-refractivity contribution in [3.8, 4) is 22.1 Å². The molecule has 0 atom stereocenters. The maximum Gasteiger partial charge on any atom is 0.409 e. The van der Waals surface area contributed by atoms with Gasteiger partial charge in [0.15, 0.2) is 0 Å². The fourth-order valence-corrected chi connectivity index (χ4v) is 4.23. The van der Waals surface area contributed by atoms with E-state index in [1.165, 1.54) is 11.3 Å². The summed E-state index contributed by atoms with van der Waals surface area (Å²) < 4.78 is 11.7. The summed E-state index contributed by atoms with van der Waals surface area (Å²) in [4.78, 5) is 15.5. The van der Waals surface area contributed by atoms with Crippen molar-refractivity contribution in [3.63, 3.8) is 0 Å². The van der Waals surface area contributed by atoms with Gasteiger partial charge in [-0.3, -0.25) is 0 Å². The molecule has 5 nitrogen and oxygen atoms in total. The molecule has 1 aromatic heterocycles. The predicted molar refractivity (Wildman–Crippen MR) is 116 cm³/mol. The molecule has 4 aromatic rings. The normalized spacial score (nSPS) is 10.8. The van der Waals surface area contributed by atoms with Gasteiger partial charge in [-0.05, 0) is 54.6 Å². The molecule has 0 aliphatic heterocycles. The molecule has 0 aliphatic carbocycles. The molecule has 0 bridgehead atoms. The van der Waals surface area contributed by atoms with Crippen molar-refractivity contribution in [2.45, 2.75) is 6.61 Å². The first-order chi connectivity index (χ1) is 14.0. The Morgan fingerprint density at radius 1 is 1.00 bits per heavy atom. The molecule has 29 heavy (non-hydrogen) atoms. The van der Waals surface area contributed by atoms with Gasteiger partial charge in [0, 0.05) is 21.2 Å². The fourth-order valence-electron chi connectivity index (χ4n) is 2.73. The largest absolute Gasteiger partial charge is 0.489 e. The summed E-state index contributed by atoms with van der Waals surface area (Å²) in [6, 6.07) is 18.1. The molecule has 1 heterocycles. The Hall–Kier alpha value is -2.80. The lowest BCUT2D eigenvalue weighted by Crippen LogP contribution is -2.16. The quantitative estimate of drug-likeness (QED) is 0.391. The van der Waals surface area contributed by atoms with Crippen LogP contribution in [-0.2, 0) is 6.61 Å². The zero-order chi connectivity index (χ0) is 20.4. The number of hydrogen-bond donors (Lipinski definition) is 1. The van der Waals surface area contributed by atoms with Gasteiger partial charge in [-0.2, -0.15) is 0 Å². The monoisotopic (exact) mass is 444 g/mol. The zero-order valence-electron chi connectivity index (χ0n) is 14.9. The number of carbonyl (C=O) groups is 1. The summed E-state index contributed by atoms with van der Waals surface area (Å²) in [5.41, 5.74) is 7.55. The van der Waals surface area contributed by atoms with Crippen molar-refractivity contribution in [3.05, 3.63) is 76.3 Å². The average Bonchev–Trinajstić information content (AvgIpc) is 3.11. The SMILES string of the molecule is NC(=O)Oc1ccc(-c2nc3ccc(OCc4c(Cl)cccc4Cl)cc3s2)cc1. The molecule has 0 saturated carbocycles. The number of aromatic nitrogens is 1. The van der Waals surface area contributed by atoms with E-state index < -0.39 is 6.09 Å². The lowest BCUT2D eigenvalue weighted by atomic mass is 10.2. The summed E-state index contributed by atoms with van der Waals surface area (Å²) in [5.74, 6) is 1.09. The van der Waals surface area contributed by atoms with E-state index in [9.17, 15) is 4.79 Å². The van der Waals surface area contributed by atoms with E-state index in [4.69, 9.17) is 38.4 Å². The van der Waals surface area contributed by atoms with E-state index in [1.807, 2.05) is 30.3 Å². The number of nitrogens with two attached hydrogens (primary N) is 1. The molecule has 4 rings (SSSR count). The van der Waals surface area contributed by atoms with E-state index in [2.05, 4.69) is 4.98 Å². The van der Waals surface area contributed by atoms with Crippen molar-refractivity contribution in [2.24, 2.45) is 5.73 Å². The van der Waals surface area contributed by atoms with Crippen LogP contribution in [-0.4, -0.2) is 11.1 Å². The maximum absolute atomic E-state index is 10.8. The first-order valence-corrected chi connectivity index (χ1v) is 10.1. The van der Waals surface area contributed by atoms with Crippen molar-refractivity contribution in [2.75, 3.05) is 0 Å². The molecular formula is C21H14Cl2N2O3S. The number of carbonyl (C=O) groups excluding carboxylic acids is 1. The Morgan fingerprint density at radius 2 is 1.69 bits per heavy atom. The smallest absolute Gasteiger partial charge is 0.409 e. The number of fused-ring (bicyclic) bond motifs is 1. The van der Waals surface area contributed by atoms with Crippen LogP contribution in [0, 0.1) is 0 Å². The molecule has 146 valence electrons. The highest BCUT2D eigenvalue weighted by molar-refractivity contribution is 7.21. The van der Waals surface area contributed by atoms with Crippen LogP contribution in [0.15, 0.2) is 60.7 Å². The van der Waals surface area contributed by atoms with E-state index in [0.717, 1.165) is 26.4 Å². The second-order valence-electron chi connectivity index (χ2n) is 6.08. The first-order valence-electron chi connectivity index (χ1n) is 8.53. The predicted octanol–water partition coefficient (Wildman–Crippen LogP) is 6.31. The highest BCUT2D eigenvalue weighted by Gasteiger charge is 2.10. The standard InChI is InChI=1S/C21H14Cl2N2O3S/c22-16-2-1-3-17(23)15(16)11-27-14-8-9-18-19(10-14)29-20(25-18)12-4-6-13(7-5-12)28-21(24)26/h1-10H,11H2,(H2,24,26). The lowest BCUT2D eigenvalue weighted by molar-refractivity contribution is 0.211.